The minimum absolute atomic E-state index is 0. The van der Waals surface area contributed by atoms with E-state index in [9.17, 15) is 0 Å². The molecule has 0 saturated heterocycles. The van der Waals surface area contributed by atoms with Gasteiger partial charge in [-0.25, -0.2) is 0 Å². The van der Waals surface area contributed by atoms with Crippen molar-refractivity contribution >= 4 is 45.2 Å². The summed E-state index contributed by atoms with van der Waals surface area (Å²) in [4.78, 5) is 0. The predicted octanol–water partition coefficient (Wildman–Crippen LogP) is 4.11. The molecule has 33 heavy (non-hydrogen) atoms. The third-order valence-electron chi connectivity index (χ3n) is 5.31. The Hall–Kier alpha value is -2.19. The molecule has 4 heteroatoms. The first-order chi connectivity index (χ1) is 15.6. The number of ether oxygens (including phenoxy) is 1. The monoisotopic (exact) mass is 582 g/mol. The maximum absolute atomic E-state index is 5.39. The fourth-order valence-electron chi connectivity index (χ4n) is 3.59. The molecule has 4 rings (SSSR count). The molecule has 0 aliphatic heterocycles. The second-order valence-corrected chi connectivity index (χ2v) is 11.8. The minimum Gasteiger partial charge on any atom is -1.00 e. The van der Waals surface area contributed by atoms with Crippen molar-refractivity contribution in [2.45, 2.75) is 6.92 Å². The molecule has 0 bridgehead atoms. The van der Waals surface area contributed by atoms with Crippen LogP contribution in [0.2, 0.25) is 0 Å². The third-order valence-corrected chi connectivity index (χ3v) is 9.80. The van der Waals surface area contributed by atoms with Gasteiger partial charge in [-0.3, -0.25) is 0 Å². The Labute approximate surface area is 217 Å². The Bertz CT molecular complexity index is 1020. The Morgan fingerprint density at radius 2 is 1.18 bits per heavy atom. The van der Waals surface area contributed by atoms with Crippen LogP contribution in [0.15, 0.2) is 120 Å². The topological polar surface area (TPSA) is 9.23 Å². The summed E-state index contributed by atoms with van der Waals surface area (Å²) in [6.07, 6.45) is 1.79. The molecule has 4 aromatic carbocycles. The highest BCUT2D eigenvalue weighted by Crippen LogP contribution is 2.51. The lowest BCUT2D eigenvalue weighted by atomic mass is 10.2. The van der Waals surface area contributed by atoms with E-state index in [-0.39, 0.29) is 17.0 Å². The molecule has 0 saturated carbocycles. The summed E-state index contributed by atoms with van der Waals surface area (Å²) in [5.74, 6) is 0.885. The molecule has 0 N–H and O–H groups in total. The highest BCUT2D eigenvalue weighted by Gasteiger charge is 2.39. The molecular formula is C29H29Br2OP. The zero-order chi connectivity index (χ0) is 22.8. The zero-order valence-electron chi connectivity index (χ0n) is 19.0. The quantitative estimate of drug-likeness (QED) is 0.311. The average Bonchev–Trinajstić information content (AvgIpc) is 2.86. The van der Waals surface area contributed by atoms with Crippen molar-refractivity contribution in [1.29, 1.82) is 0 Å². The summed E-state index contributed by atoms with van der Waals surface area (Å²) in [5, 5.41) is 4.28. The summed E-state index contributed by atoms with van der Waals surface area (Å²) in [7, 11) is -1.53. The lowest BCUT2D eigenvalue weighted by molar-refractivity contribution is -0.00000673. The van der Waals surface area contributed by atoms with Crippen molar-refractivity contribution < 1.29 is 21.7 Å². The van der Waals surface area contributed by atoms with Crippen molar-refractivity contribution in [3.05, 3.63) is 126 Å². The lowest BCUT2D eigenvalue weighted by Crippen LogP contribution is -3.00. The Morgan fingerprint density at radius 3 is 1.55 bits per heavy atom. The zero-order valence-corrected chi connectivity index (χ0v) is 23.1. The molecule has 0 fully saturated rings. The molecule has 1 nitrogen and oxygen atoms in total. The van der Waals surface area contributed by atoms with Gasteiger partial charge in [0.25, 0.3) is 0 Å². The van der Waals surface area contributed by atoms with Crippen LogP contribution in [0.3, 0.4) is 0 Å². The van der Waals surface area contributed by atoms with Gasteiger partial charge >= 0.3 is 0 Å². The van der Waals surface area contributed by atoms with E-state index in [2.05, 4.69) is 120 Å². The van der Waals surface area contributed by atoms with E-state index >= 15 is 0 Å². The normalized spacial score (nSPS) is 10.3. The molecule has 0 aromatic heterocycles. The number of halogens is 2. The van der Waals surface area contributed by atoms with Crippen molar-refractivity contribution in [1.82, 2.24) is 0 Å². The maximum atomic E-state index is 5.39. The van der Waals surface area contributed by atoms with E-state index in [0.717, 1.165) is 15.8 Å². The Kier molecular flexibility index (Phi) is 11.1. The standard InChI is InChI=1S/C19H18P.C10H11BrO.BrH/c1-20(17-11-5-2-6-12-17,18-13-7-3-8-14-18)19-15-9-4-10-16-19;1-3-8-7-9(11)5-6-10(8)12-4-2;/h2-16H,1H3;3,5-7H,1,4H2,2H3;1H/q+1;;/p-1. The first-order valence-corrected chi connectivity index (χ1v) is 13.7. The SMILES string of the molecule is C=Cc1cc(Br)ccc1OCC.C[P+](c1ccccc1)(c1ccccc1)c1ccccc1.[Br-]. The van der Waals surface area contributed by atoms with Crippen LogP contribution in [-0.4, -0.2) is 13.3 Å². The molecule has 170 valence electrons. The van der Waals surface area contributed by atoms with Crippen LogP contribution >= 0.6 is 23.2 Å². The summed E-state index contributed by atoms with van der Waals surface area (Å²) >= 11 is 3.38. The van der Waals surface area contributed by atoms with Gasteiger partial charge in [0.1, 0.15) is 28.9 Å². The summed E-state index contributed by atoms with van der Waals surface area (Å²) in [6.45, 7) is 8.77. The van der Waals surface area contributed by atoms with Crippen LogP contribution in [0.25, 0.3) is 6.08 Å². The summed E-state index contributed by atoms with van der Waals surface area (Å²) in [6, 6.07) is 38.5. The van der Waals surface area contributed by atoms with E-state index in [1.807, 2.05) is 25.1 Å². The highest BCUT2D eigenvalue weighted by atomic mass is 79.9. The van der Waals surface area contributed by atoms with Gasteiger partial charge in [0.05, 0.1) is 13.3 Å². The summed E-state index contributed by atoms with van der Waals surface area (Å²) in [5.41, 5.74) is 1.02. The molecule has 0 amide bonds. The average molecular weight is 584 g/mol. The maximum Gasteiger partial charge on any atom is 0.126 e. The van der Waals surface area contributed by atoms with Gasteiger partial charge in [-0.2, -0.15) is 0 Å². The van der Waals surface area contributed by atoms with Gasteiger partial charge in [-0.05, 0) is 61.5 Å². The van der Waals surface area contributed by atoms with Crippen LogP contribution in [0.4, 0.5) is 0 Å². The van der Waals surface area contributed by atoms with Gasteiger partial charge in [0, 0.05) is 10.0 Å². The highest BCUT2D eigenvalue weighted by molar-refractivity contribution is 9.10. The number of benzene rings is 4. The molecule has 0 radical (unpaired) electrons. The largest absolute Gasteiger partial charge is 1.00 e. The van der Waals surface area contributed by atoms with Crippen molar-refractivity contribution in [3.8, 4) is 5.75 Å². The van der Waals surface area contributed by atoms with E-state index in [4.69, 9.17) is 4.74 Å². The molecule has 4 aromatic rings. The Morgan fingerprint density at radius 1 is 0.758 bits per heavy atom. The van der Waals surface area contributed by atoms with E-state index in [1.165, 1.54) is 15.9 Å². The number of rotatable bonds is 6. The van der Waals surface area contributed by atoms with Crippen LogP contribution < -0.4 is 37.6 Å². The molecule has 0 aliphatic carbocycles. The van der Waals surface area contributed by atoms with E-state index < -0.39 is 7.26 Å². The van der Waals surface area contributed by atoms with Gasteiger partial charge < -0.3 is 21.7 Å². The predicted molar refractivity (Wildman–Crippen MR) is 146 cm³/mol. The van der Waals surface area contributed by atoms with Gasteiger partial charge in [0.15, 0.2) is 0 Å². The fourth-order valence-corrected chi connectivity index (χ4v) is 7.17. The molecule has 0 unspecified atom stereocenters. The van der Waals surface area contributed by atoms with Crippen LogP contribution in [0.1, 0.15) is 12.5 Å². The van der Waals surface area contributed by atoms with Crippen LogP contribution in [0.5, 0.6) is 5.75 Å². The second kappa shape index (κ2) is 13.5. The smallest absolute Gasteiger partial charge is 0.126 e. The van der Waals surface area contributed by atoms with Crippen molar-refractivity contribution in [2.75, 3.05) is 13.3 Å². The van der Waals surface area contributed by atoms with Gasteiger partial charge in [-0.15, -0.1) is 0 Å². The first-order valence-electron chi connectivity index (χ1n) is 10.7. The van der Waals surface area contributed by atoms with Crippen molar-refractivity contribution in [3.63, 3.8) is 0 Å². The number of hydrogen-bond donors (Lipinski definition) is 0. The molecule has 0 atom stereocenters. The van der Waals surface area contributed by atoms with Crippen LogP contribution in [-0.2, 0) is 0 Å². The molecule has 0 aliphatic rings. The third kappa shape index (κ3) is 6.90. The van der Waals surface area contributed by atoms with Gasteiger partial charge in [-0.1, -0.05) is 83.2 Å². The minimum atomic E-state index is -1.53. The van der Waals surface area contributed by atoms with Gasteiger partial charge in [0.2, 0.25) is 0 Å². The lowest BCUT2D eigenvalue weighted by Gasteiger charge is -2.22. The summed E-state index contributed by atoms with van der Waals surface area (Å²) < 4.78 is 6.43. The number of hydrogen-bond acceptors (Lipinski definition) is 1. The van der Waals surface area contributed by atoms with E-state index in [1.54, 1.807) is 6.08 Å². The molecule has 0 heterocycles. The second-order valence-electron chi connectivity index (χ2n) is 7.33. The molecule has 0 spiro atoms. The van der Waals surface area contributed by atoms with E-state index in [0.29, 0.717) is 6.61 Å². The van der Waals surface area contributed by atoms with Crippen molar-refractivity contribution in [2.24, 2.45) is 0 Å². The Balaban J connectivity index is 0.000000257. The van der Waals surface area contributed by atoms with Crippen LogP contribution in [0, 0.1) is 0 Å². The molecular weight excluding hydrogens is 555 g/mol. The fraction of sp³-hybridized carbons (Fsp3) is 0.103. The first kappa shape index (κ1) is 27.1.